The van der Waals surface area contributed by atoms with Crippen LogP contribution in [0.4, 0.5) is 0 Å². The van der Waals surface area contributed by atoms with Gasteiger partial charge in [0.05, 0.1) is 33.4 Å². The summed E-state index contributed by atoms with van der Waals surface area (Å²) in [7, 11) is 0. The minimum Gasteiger partial charge on any atom is -0.309 e. The van der Waals surface area contributed by atoms with E-state index >= 15 is 0 Å². The van der Waals surface area contributed by atoms with Gasteiger partial charge in [-0.15, -0.1) is 0 Å². The van der Waals surface area contributed by atoms with E-state index in [1.54, 1.807) is 0 Å². The zero-order chi connectivity index (χ0) is 35.6. The fraction of sp³-hybridized carbons (Fsp3) is 0. The van der Waals surface area contributed by atoms with Crippen LogP contribution >= 0.6 is 0 Å². The number of fused-ring (bicyclic) bond motifs is 7. The molecule has 11 aromatic rings. The molecule has 0 N–H and O–H groups in total. The van der Waals surface area contributed by atoms with E-state index in [2.05, 4.69) is 215 Å². The van der Waals surface area contributed by atoms with Crippen LogP contribution in [0.15, 0.2) is 206 Å². The molecule has 0 aliphatic rings. The Morgan fingerprint density at radius 1 is 0.241 bits per heavy atom. The topological polar surface area (TPSA) is 9.86 Å². The predicted octanol–water partition coefficient (Wildman–Crippen LogP) is 14.0. The normalized spacial score (nSPS) is 11.7. The van der Waals surface area contributed by atoms with Gasteiger partial charge < -0.3 is 9.13 Å². The summed E-state index contributed by atoms with van der Waals surface area (Å²) in [4.78, 5) is 0. The molecule has 11 rings (SSSR count). The molecule has 2 heterocycles. The molecule has 0 saturated heterocycles. The van der Waals surface area contributed by atoms with Gasteiger partial charge >= 0.3 is 0 Å². The van der Waals surface area contributed by atoms with Gasteiger partial charge in [-0.2, -0.15) is 0 Å². The Hall–Kier alpha value is -7.16. The van der Waals surface area contributed by atoms with Gasteiger partial charge in [-0.05, 0) is 87.6 Å². The van der Waals surface area contributed by atoms with E-state index in [1.165, 1.54) is 99.1 Å². The number of para-hydroxylation sites is 4. The third-order valence-electron chi connectivity index (χ3n) is 11.1. The van der Waals surface area contributed by atoms with Crippen molar-refractivity contribution in [1.82, 2.24) is 9.13 Å². The second-order valence-electron chi connectivity index (χ2n) is 14.1. The van der Waals surface area contributed by atoms with Gasteiger partial charge in [-0.25, -0.2) is 0 Å². The fourth-order valence-electron chi connectivity index (χ4n) is 8.62. The van der Waals surface area contributed by atoms with Crippen molar-refractivity contribution in [3.8, 4) is 44.8 Å². The molecule has 0 spiro atoms. The first-order valence-electron chi connectivity index (χ1n) is 18.6. The average Bonchev–Trinajstić information content (AvgIpc) is 3.76. The summed E-state index contributed by atoms with van der Waals surface area (Å²) in [6.45, 7) is 0. The molecule has 0 bridgehead atoms. The van der Waals surface area contributed by atoms with Crippen LogP contribution in [-0.2, 0) is 0 Å². The van der Waals surface area contributed by atoms with Gasteiger partial charge in [-0.3, -0.25) is 0 Å². The lowest BCUT2D eigenvalue weighted by molar-refractivity contribution is 1.18. The number of hydrogen-bond acceptors (Lipinski definition) is 0. The lowest BCUT2D eigenvalue weighted by atomic mass is 9.99. The van der Waals surface area contributed by atoms with E-state index in [1.807, 2.05) is 0 Å². The van der Waals surface area contributed by atoms with E-state index in [4.69, 9.17) is 0 Å². The molecule has 54 heavy (non-hydrogen) atoms. The van der Waals surface area contributed by atoms with Crippen molar-refractivity contribution < 1.29 is 0 Å². The van der Waals surface area contributed by atoms with Gasteiger partial charge in [-0.1, -0.05) is 152 Å². The fourth-order valence-corrected chi connectivity index (χ4v) is 8.62. The number of aromatic nitrogens is 2. The van der Waals surface area contributed by atoms with Crippen molar-refractivity contribution in [2.45, 2.75) is 0 Å². The molecule has 252 valence electrons. The highest BCUT2D eigenvalue weighted by Crippen LogP contribution is 2.41. The van der Waals surface area contributed by atoms with E-state index < -0.39 is 0 Å². The first-order chi connectivity index (χ1) is 26.8. The van der Waals surface area contributed by atoms with Crippen molar-refractivity contribution in [1.29, 1.82) is 0 Å². The van der Waals surface area contributed by atoms with Crippen molar-refractivity contribution >= 4 is 54.4 Å². The lowest BCUT2D eigenvalue weighted by Crippen LogP contribution is -1.97. The Morgan fingerprint density at radius 3 is 1.30 bits per heavy atom. The van der Waals surface area contributed by atoms with Crippen LogP contribution in [-0.4, -0.2) is 9.13 Å². The third-order valence-corrected chi connectivity index (χ3v) is 11.1. The molecule has 0 amide bonds. The van der Waals surface area contributed by atoms with Crippen LogP contribution in [0.5, 0.6) is 0 Å². The van der Waals surface area contributed by atoms with Gasteiger partial charge in [0, 0.05) is 32.7 Å². The number of hydrogen-bond donors (Lipinski definition) is 0. The largest absolute Gasteiger partial charge is 0.309 e. The van der Waals surface area contributed by atoms with Crippen LogP contribution in [0.25, 0.3) is 99.1 Å². The minimum absolute atomic E-state index is 1.18. The highest BCUT2D eigenvalue weighted by atomic mass is 15.0. The molecule has 0 fully saturated rings. The summed E-state index contributed by atoms with van der Waals surface area (Å²) in [6, 6.07) is 75.2. The van der Waals surface area contributed by atoms with Crippen LogP contribution < -0.4 is 0 Å². The van der Waals surface area contributed by atoms with Crippen molar-refractivity contribution in [2.75, 3.05) is 0 Å². The Morgan fingerprint density at radius 2 is 0.685 bits per heavy atom. The highest BCUT2D eigenvalue weighted by Gasteiger charge is 2.19. The first kappa shape index (κ1) is 30.5. The molecule has 0 unspecified atom stereocenters. The monoisotopic (exact) mass is 686 g/mol. The molecular weight excluding hydrogens is 653 g/mol. The quantitative estimate of drug-likeness (QED) is 0.171. The van der Waals surface area contributed by atoms with Crippen LogP contribution in [0.3, 0.4) is 0 Å². The zero-order valence-electron chi connectivity index (χ0n) is 29.5. The van der Waals surface area contributed by atoms with Crippen molar-refractivity contribution in [2.24, 2.45) is 0 Å². The predicted molar refractivity (Wildman–Crippen MR) is 229 cm³/mol. The van der Waals surface area contributed by atoms with Crippen LogP contribution in [0.2, 0.25) is 0 Å². The molecule has 0 atom stereocenters. The van der Waals surface area contributed by atoms with Crippen LogP contribution in [0, 0.1) is 0 Å². The number of benzene rings is 9. The number of nitrogens with zero attached hydrogens (tertiary/aromatic N) is 2. The van der Waals surface area contributed by atoms with E-state index in [9.17, 15) is 0 Å². The molecular formula is C52H34N2. The van der Waals surface area contributed by atoms with E-state index in [0.29, 0.717) is 0 Å². The summed E-state index contributed by atoms with van der Waals surface area (Å²) in [5.74, 6) is 0. The van der Waals surface area contributed by atoms with Gasteiger partial charge in [0.15, 0.2) is 0 Å². The molecule has 2 aromatic heterocycles. The second-order valence-corrected chi connectivity index (χ2v) is 14.1. The highest BCUT2D eigenvalue weighted by molar-refractivity contribution is 6.13. The van der Waals surface area contributed by atoms with Gasteiger partial charge in [0.1, 0.15) is 0 Å². The Labute approximate surface area is 313 Å². The smallest absolute Gasteiger partial charge is 0.0541 e. The van der Waals surface area contributed by atoms with Crippen molar-refractivity contribution in [3.05, 3.63) is 206 Å². The Bertz CT molecular complexity index is 3220. The molecule has 2 heteroatoms. The lowest BCUT2D eigenvalue weighted by Gasteiger charge is -2.15. The molecule has 9 aromatic carbocycles. The molecule has 0 radical (unpaired) electrons. The third kappa shape index (κ3) is 4.74. The zero-order valence-corrected chi connectivity index (χ0v) is 29.5. The summed E-state index contributed by atoms with van der Waals surface area (Å²) in [6.07, 6.45) is 0. The SMILES string of the molecule is c1ccc(-c2ccccc2-n2c3ccccc3c3cc(-c4ccc5c(c4)c4ccccc4n5-c4ccccc4-c4ccc5ccccc5c4)ccc32)cc1. The minimum atomic E-state index is 1.18. The maximum absolute atomic E-state index is 2.44. The Balaban J connectivity index is 1.08. The van der Waals surface area contributed by atoms with E-state index in [0.717, 1.165) is 0 Å². The maximum atomic E-state index is 2.44. The molecule has 0 saturated carbocycles. The molecule has 2 nitrogen and oxygen atoms in total. The van der Waals surface area contributed by atoms with Crippen molar-refractivity contribution in [3.63, 3.8) is 0 Å². The molecule has 0 aliphatic heterocycles. The van der Waals surface area contributed by atoms with Gasteiger partial charge in [0.2, 0.25) is 0 Å². The first-order valence-corrected chi connectivity index (χ1v) is 18.6. The summed E-state index contributed by atoms with van der Waals surface area (Å²) in [5.41, 5.74) is 14.4. The standard InChI is InChI=1S/C52H34N2/c1-2-15-36(16-3-1)41-18-6-10-22-47(41)53-49-24-12-8-20-43(49)45-33-38(28-30-51(45)53)39-29-31-52-46(34-39)44-21-9-13-25-50(44)54(52)48-23-11-7-19-42(48)40-27-26-35-14-4-5-17-37(35)32-40/h1-34H. The second kappa shape index (κ2) is 12.2. The molecule has 0 aliphatic carbocycles. The maximum Gasteiger partial charge on any atom is 0.0541 e. The van der Waals surface area contributed by atoms with Crippen LogP contribution in [0.1, 0.15) is 0 Å². The Kier molecular flexibility index (Phi) is 6.90. The summed E-state index contributed by atoms with van der Waals surface area (Å²) >= 11 is 0. The summed E-state index contributed by atoms with van der Waals surface area (Å²) in [5, 5.41) is 7.49. The summed E-state index contributed by atoms with van der Waals surface area (Å²) < 4.78 is 4.88. The number of rotatable bonds is 5. The average molecular weight is 687 g/mol. The van der Waals surface area contributed by atoms with E-state index in [-0.39, 0.29) is 0 Å². The van der Waals surface area contributed by atoms with Gasteiger partial charge in [0.25, 0.3) is 0 Å².